The normalized spacial score (nSPS) is 12.4. The summed E-state index contributed by atoms with van der Waals surface area (Å²) in [5.41, 5.74) is 4.47. The number of carbonyl (C=O) groups excluding carboxylic acids is 1. The van der Waals surface area contributed by atoms with Crippen molar-refractivity contribution < 1.29 is 4.79 Å². The molecule has 0 aliphatic heterocycles. The molecule has 2 rings (SSSR count). The van der Waals surface area contributed by atoms with Crippen LogP contribution in [0.4, 0.5) is 0 Å². The third-order valence-electron chi connectivity index (χ3n) is 3.88. The van der Waals surface area contributed by atoms with E-state index in [1.165, 1.54) is 11.1 Å². The molecule has 0 fully saturated rings. The van der Waals surface area contributed by atoms with Crippen LogP contribution in [0.5, 0.6) is 0 Å². The summed E-state index contributed by atoms with van der Waals surface area (Å²) in [6.07, 6.45) is 1.95. The van der Waals surface area contributed by atoms with E-state index in [9.17, 15) is 4.79 Å². The number of hydrogen-bond donors (Lipinski definition) is 1. The zero-order valence-electron chi connectivity index (χ0n) is 14.6. The highest BCUT2D eigenvalue weighted by atomic mass is 16.2. The van der Waals surface area contributed by atoms with Gasteiger partial charge in [0.2, 0.25) is 5.91 Å². The summed E-state index contributed by atoms with van der Waals surface area (Å²) in [4.78, 5) is 14.2. The number of amides is 1. The van der Waals surface area contributed by atoms with Crippen LogP contribution in [0.25, 0.3) is 0 Å². The van der Waals surface area contributed by atoms with Gasteiger partial charge in [0, 0.05) is 25.4 Å². The van der Waals surface area contributed by atoms with Crippen LogP contribution in [0.2, 0.25) is 0 Å². The Kier molecular flexibility index (Phi) is 5.55. The molecule has 1 N–H and O–H groups in total. The number of aryl methyl sites for hydroxylation is 3. The second-order valence-electron chi connectivity index (χ2n) is 6.29. The van der Waals surface area contributed by atoms with E-state index in [0.717, 1.165) is 17.8 Å². The molecular weight excluding hydrogens is 288 g/mol. The van der Waals surface area contributed by atoms with Gasteiger partial charge in [-0.15, -0.1) is 0 Å². The molecule has 0 aliphatic carbocycles. The highest BCUT2D eigenvalue weighted by Gasteiger charge is 2.15. The SMILES string of the molecule is Cc1ccc(CN(C)CC(=O)NC(C)c2cn(C)nc2C)cc1. The zero-order chi connectivity index (χ0) is 17.0. The smallest absolute Gasteiger partial charge is 0.234 e. The number of aromatic nitrogens is 2. The summed E-state index contributed by atoms with van der Waals surface area (Å²) in [7, 11) is 3.85. The number of carbonyl (C=O) groups is 1. The van der Waals surface area contributed by atoms with Gasteiger partial charge in [-0.1, -0.05) is 29.8 Å². The lowest BCUT2D eigenvalue weighted by atomic mass is 10.1. The number of nitrogens with zero attached hydrogens (tertiary/aromatic N) is 3. The maximum atomic E-state index is 12.2. The first-order chi connectivity index (χ1) is 10.8. The Hall–Kier alpha value is -2.14. The third-order valence-corrected chi connectivity index (χ3v) is 3.88. The van der Waals surface area contributed by atoms with Crippen molar-refractivity contribution >= 4 is 5.91 Å². The second-order valence-corrected chi connectivity index (χ2v) is 6.29. The average Bonchev–Trinajstić information content (AvgIpc) is 2.80. The van der Waals surface area contributed by atoms with Crippen molar-refractivity contribution in [3.05, 3.63) is 52.8 Å². The molecule has 1 heterocycles. The Balaban J connectivity index is 1.86. The van der Waals surface area contributed by atoms with Crippen LogP contribution in [0.3, 0.4) is 0 Å². The van der Waals surface area contributed by atoms with Crippen LogP contribution >= 0.6 is 0 Å². The van der Waals surface area contributed by atoms with Crippen molar-refractivity contribution in [2.24, 2.45) is 7.05 Å². The first kappa shape index (κ1) is 17.2. The number of benzene rings is 1. The molecule has 1 amide bonds. The maximum absolute atomic E-state index is 12.2. The fourth-order valence-electron chi connectivity index (χ4n) is 2.71. The van der Waals surface area contributed by atoms with E-state index in [4.69, 9.17) is 0 Å². The van der Waals surface area contributed by atoms with Crippen LogP contribution < -0.4 is 5.32 Å². The lowest BCUT2D eigenvalue weighted by Gasteiger charge is -2.19. The van der Waals surface area contributed by atoms with Gasteiger partial charge in [0.15, 0.2) is 0 Å². The minimum absolute atomic E-state index is 0.0235. The van der Waals surface area contributed by atoms with E-state index < -0.39 is 0 Å². The molecule has 0 saturated heterocycles. The fraction of sp³-hybridized carbons (Fsp3) is 0.444. The maximum Gasteiger partial charge on any atom is 0.234 e. The van der Waals surface area contributed by atoms with Gasteiger partial charge in [0.1, 0.15) is 0 Å². The highest BCUT2D eigenvalue weighted by Crippen LogP contribution is 2.15. The summed E-state index contributed by atoms with van der Waals surface area (Å²) >= 11 is 0. The van der Waals surface area contributed by atoms with Gasteiger partial charge in [0.05, 0.1) is 18.3 Å². The molecule has 0 radical (unpaired) electrons. The lowest BCUT2D eigenvalue weighted by molar-refractivity contribution is -0.122. The standard InChI is InChI=1S/C18H26N4O/c1-13-6-8-16(9-7-13)10-21(4)12-18(23)19-14(2)17-11-22(5)20-15(17)3/h6-9,11,14H,10,12H2,1-5H3,(H,19,23). The van der Waals surface area contributed by atoms with Gasteiger partial charge in [-0.3, -0.25) is 14.4 Å². The van der Waals surface area contributed by atoms with Crippen molar-refractivity contribution in [2.75, 3.05) is 13.6 Å². The number of hydrogen-bond acceptors (Lipinski definition) is 3. The molecule has 1 atom stereocenters. The van der Waals surface area contributed by atoms with E-state index in [1.54, 1.807) is 4.68 Å². The summed E-state index contributed by atoms with van der Waals surface area (Å²) in [6, 6.07) is 8.35. The molecule has 0 spiro atoms. The summed E-state index contributed by atoms with van der Waals surface area (Å²) in [5.74, 6) is 0.0235. The Morgan fingerprint density at radius 3 is 2.52 bits per heavy atom. The largest absolute Gasteiger partial charge is 0.348 e. The van der Waals surface area contributed by atoms with Gasteiger partial charge in [-0.05, 0) is 33.4 Å². The lowest BCUT2D eigenvalue weighted by Crippen LogP contribution is -2.36. The summed E-state index contributed by atoms with van der Waals surface area (Å²) < 4.78 is 1.77. The Morgan fingerprint density at radius 2 is 1.96 bits per heavy atom. The van der Waals surface area contributed by atoms with Crippen LogP contribution in [0.1, 0.15) is 35.3 Å². The van der Waals surface area contributed by atoms with Crippen LogP contribution in [-0.2, 0) is 18.4 Å². The van der Waals surface area contributed by atoms with E-state index in [0.29, 0.717) is 6.54 Å². The Labute approximate surface area is 138 Å². The molecule has 1 aromatic carbocycles. The van der Waals surface area contributed by atoms with E-state index in [-0.39, 0.29) is 11.9 Å². The van der Waals surface area contributed by atoms with E-state index in [2.05, 4.69) is 41.6 Å². The van der Waals surface area contributed by atoms with Gasteiger partial charge >= 0.3 is 0 Å². The predicted molar refractivity (Wildman–Crippen MR) is 92.0 cm³/mol. The molecular formula is C18H26N4O. The molecule has 0 saturated carbocycles. The first-order valence-corrected chi connectivity index (χ1v) is 7.88. The first-order valence-electron chi connectivity index (χ1n) is 7.88. The van der Waals surface area contributed by atoms with Gasteiger partial charge < -0.3 is 5.32 Å². The quantitative estimate of drug-likeness (QED) is 0.890. The molecule has 5 heteroatoms. The fourth-order valence-corrected chi connectivity index (χ4v) is 2.71. The molecule has 0 bridgehead atoms. The summed E-state index contributed by atoms with van der Waals surface area (Å²) in [5, 5.41) is 7.36. The van der Waals surface area contributed by atoms with Crippen molar-refractivity contribution in [2.45, 2.75) is 33.4 Å². The molecule has 124 valence electrons. The third kappa shape index (κ3) is 4.93. The molecule has 23 heavy (non-hydrogen) atoms. The zero-order valence-corrected chi connectivity index (χ0v) is 14.6. The van der Waals surface area contributed by atoms with Crippen LogP contribution in [-0.4, -0.2) is 34.2 Å². The topological polar surface area (TPSA) is 50.2 Å². The average molecular weight is 314 g/mol. The Morgan fingerprint density at radius 1 is 1.30 bits per heavy atom. The van der Waals surface area contributed by atoms with Crippen molar-refractivity contribution in [3.63, 3.8) is 0 Å². The van der Waals surface area contributed by atoms with Gasteiger partial charge in [-0.2, -0.15) is 5.10 Å². The number of rotatable bonds is 6. The highest BCUT2D eigenvalue weighted by molar-refractivity contribution is 5.78. The summed E-state index contributed by atoms with van der Waals surface area (Å²) in [6.45, 7) is 7.15. The molecule has 1 aromatic heterocycles. The minimum atomic E-state index is -0.0380. The van der Waals surface area contributed by atoms with Gasteiger partial charge in [0.25, 0.3) is 0 Å². The molecule has 5 nitrogen and oxygen atoms in total. The number of likely N-dealkylation sites (N-methyl/N-ethyl adjacent to an activating group) is 1. The van der Waals surface area contributed by atoms with Crippen molar-refractivity contribution in [1.82, 2.24) is 20.0 Å². The van der Waals surface area contributed by atoms with E-state index in [1.807, 2.05) is 39.0 Å². The number of nitrogens with one attached hydrogen (secondary N) is 1. The monoisotopic (exact) mass is 314 g/mol. The minimum Gasteiger partial charge on any atom is -0.348 e. The molecule has 0 aliphatic rings. The molecule has 2 aromatic rings. The second kappa shape index (κ2) is 7.42. The van der Waals surface area contributed by atoms with E-state index >= 15 is 0 Å². The van der Waals surface area contributed by atoms with Gasteiger partial charge in [-0.25, -0.2) is 0 Å². The van der Waals surface area contributed by atoms with Crippen molar-refractivity contribution in [1.29, 1.82) is 0 Å². The van der Waals surface area contributed by atoms with Crippen LogP contribution in [0, 0.1) is 13.8 Å². The predicted octanol–water partition coefficient (Wildman–Crippen LogP) is 2.35. The van der Waals surface area contributed by atoms with Crippen molar-refractivity contribution in [3.8, 4) is 0 Å². The van der Waals surface area contributed by atoms with Crippen LogP contribution in [0.15, 0.2) is 30.5 Å². The Bertz CT molecular complexity index is 660. The molecule has 1 unspecified atom stereocenters.